The lowest BCUT2D eigenvalue weighted by Crippen LogP contribution is -1.95. The van der Waals surface area contributed by atoms with Crippen LogP contribution >= 0.6 is 15.9 Å². The van der Waals surface area contributed by atoms with Crippen molar-refractivity contribution in [1.29, 1.82) is 0 Å². The highest BCUT2D eigenvalue weighted by Crippen LogP contribution is 2.32. The maximum Gasteiger partial charge on any atom is 0.119 e. The van der Waals surface area contributed by atoms with Crippen molar-refractivity contribution in [3.63, 3.8) is 0 Å². The predicted molar refractivity (Wildman–Crippen MR) is 78.2 cm³/mol. The summed E-state index contributed by atoms with van der Waals surface area (Å²) in [6.45, 7) is 4.40. The number of unbranched alkanes of at least 4 members (excludes halogenated alkanes) is 3. The van der Waals surface area contributed by atoms with Gasteiger partial charge in [-0.15, -0.1) is 0 Å². The first kappa shape index (κ1) is 14.6. The average molecular weight is 299 g/mol. The van der Waals surface area contributed by atoms with Crippen molar-refractivity contribution in [2.24, 2.45) is 0 Å². The molecule has 1 atom stereocenters. The fraction of sp³-hybridized carbons (Fsp3) is 0.600. The summed E-state index contributed by atoms with van der Waals surface area (Å²) in [6, 6.07) is 6.33. The van der Waals surface area contributed by atoms with E-state index in [2.05, 4.69) is 41.9 Å². The number of methoxy groups -OCH3 is 1. The molecule has 96 valence electrons. The number of benzene rings is 1. The molecule has 0 N–H and O–H groups in total. The van der Waals surface area contributed by atoms with Crippen molar-refractivity contribution >= 4 is 15.9 Å². The molecule has 0 saturated carbocycles. The molecule has 17 heavy (non-hydrogen) atoms. The lowest BCUT2D eigenvalue weighted by molar-refractivity contribution is 0.414. The molecule has 0 aliphatic carbocycles. The van der Waals surface area contributed by atoms with Crippen molar-refractivity contribution in [3.05, 3.63) is 29.3 Å². The van der Waals surface area contributed by atoms with Crippen LogP contribution in [0.2, 0.25) is 0 Å². The molecular formula is C15H23BrO. The molecule has 0 aliphatic heterocycles. The quantitative estimate of drug-likeness (QED) is 0.483. The highest BCUT2D eigenvalue weighted by Gasteiger charge is 2.10. The Kier molecular flexibility index (Phi) is 6.64. The van der Waals surface area contributed by atoms with E-state index >= 15 is 0 Å². The van der Waals surface area contributed by atoms with Gasteiger partial charge in [-0.25, -0.2) is 0 Å². The lowest BCUT2D eigenvalue weighted by atomic mass is 10.0. The number of alkyl halides is 1. The molecule has 1 nitrogen and oxygen atoms in total. The smallest absolute Gasteiger partial charge is 0.119 e. The first-order valence-corrected chi connectivity index (χ1v) is 7.39. The van der Waals surface area contributed by atoms with E-state index in [-0.39, 0.29) is 0 Å². The molecule has 2 heteroatoms. The molecule has 0 aliphatic rings. The summed E-state index contributed by atoms with van der Waals surface area (Å²) in [6.07, 6.45) is 6.51. The number of hydrogen-bond acceptors (Lipinski definition) is 1. The maximum atomic E-state index is 5.23. The van der Waals surface area contributed by atoms with Gasteiger partial charge < -0.3 is 4.74 Å². The summed E-state index contributed by atoms with van der Waals surface area (Å²) in [5.74, 6) is 0.942. The Hall–Kier alpha value is -0.500. The standard InChI is InChI=1S/C15H23BrO/c1-4-5-6-7-8-15(16)14-10-9-13(17-3)11-12(14)2/h9-11,15H,4-8H2,1-3H3. The van der Waals surface area contributed by atoms with E-state index in [1.807, 2.05) is 6.07 Å². The largest absolute Gasteiger partial charge is 0.497 e. The van der Waals surface area contributed by atoms with Gasteiger partial charge in [0, 0.05) is 4.83 Å². The minimum atomic E-state index is 0.477. The van der Waals surface area contributed by atoms with Crippen molar-refractivity contribution in [2.75, 3.05) is 7.11 Å². The normalized spacial score (nSPS) is 12.5. The van der Waals surface area contributed by atoms with Gasteiger partial charge in [-0.1, -0.05) is 54.6 Å². The highest BCUT2D eigenvalue weighted by atomic mass is 79.9. The Morgan fingerprint density at radius 2 is 2.00 bits per heavy atom. The molecule has 1 unspecified atom stereocenters. The molecule has 0 amide bonds. The van der Waals surface area contributed by atoms with Crippen LogP contribution in [0, 0.1) is 6.92 Å². The van der Waals surface area contributed by atoms with Crippen LogP contribution in [0.25, 0.3) is 0 Å². The SMILES string of the molecule is CCCCCCC(Br)c1ccc(OC)cc1C. The van der Waals surface area contributed by atoms with Gasteiger partial charge in [-0.3, -0.25) is 0 Å². The van der Waals surface area contributed by atoms with E-state index in [1.165, 1.54) is 43.2 Å². The van der Waals surface area contributed by atoms with Crippen molar-refractivity contribution < 1.29 is 4.74 Å². The van der Waals surface area contributed by atoms with Gasteiger partial charge in [-0.2, -0.15) is 0 Å². The van der Waals surface area contributed by atoms with Gasteiger partial charge in [0.1, 0.15) is 5.75 Å². The van der Waals surface area contributed by atoms with Crippen LogP contribution in [-0.4, -0.2) is 7.11 Å². The third-order valence-corrected chi connectivity index (χ3v) is 4.08. The summed E-state index contributed by atoms with van der Waals surface area (Å²) >= 11 is 3.79. The molecule has 0 spiro atoms. The van der Waals surface area contributed by atoms with Gasteiger partial charge in [0.25, 0.3) is 0 Å². The molecule has 0 fully saturated rings. The Morgan fingerprint density at radius 1 is 1.24 bits per heavy atom. The van der Waals surface area contributed by atoms with E-state index in [0.717, 1.165) is 5.75 Å². The zero-order valence-corrected chi connectivity index (χ0v) is 12.7. The second-order valence-electron chi connectivity index (χ2n) is 4.54. The van der Waals surface area contributed by atoms with E-state index in [9.17, 15) is 0 Å². The molecule has 0 heterocycles. The van der Waals surface area contributed by atoms with Crippen LogP contribution < -0.4 is 4.74 Å². The predicted octanol–water partition coefficient (Wildman–Crippen LogP) is 5.41. The number of aryl methyl sites for hydroxylation is 1. The first-order valence-electron chi connectivity index (χ1n) is 6.47. The molecule has 0 radical (unpaired) electrons. The summed E-state index contributed by atoms with van der Waals surface area (Å²) in [4.78, 5) is 0.477. The second kappa shape index (κ2) is 7.75. The van der Waals surface area contributed by atoms with Gasteiger partial charge in [0.05, 0.1) is 7.11 Å². The van der Waals surface area contributed by atoms with Crippen molar-refractivity contribution in [1.82, 2.24) is 0 Å². The summed E-state index contributed by atoms with van der Waals surface area (Å²) < 4.78 is 5.23. The Bertz CT molecular complexity index is 336. The highest BCUT2D eigenvalue weighted by molar-refractivity contribution is 9.09. The number of rotatable bonds is 7. The summed E-state index contributed by atoms with van der Waals surface area (Å²) in [5, 5.41) is 0. The number of halogens is 1. The molecule has 0 bridgehead atoms. The third-order valence-electron chi connectivity index (χ3n) is 3.13. The van der Waals surface area contributed by atoms with E-state index in [1.54, 1.807) is 7.11 Å². The van der Waals surface area contributed by atoms with Gasteiger partial charge in [0.2, 0.25) is 0 Å². The van der Waals surface area contributed by atoms with E-state index in [4.69, 9.17) is 4.74 Å². The summed E-state index contributed by atoms with van der Waals surface area (Å²) in [7, 11) is 1.71. The molecule has 0 saturated heterocycles. The van der Waals surface area contributed by atoms with Gasteiger partial charge >= 0.3 is 0 Å². The molecular weight excluding hydrogens is 276 g/mol. The minimum Gasteiger partial charge on any atom is -0.497 e. The van der Waals surface area contributed by atoms with Crippen LogP contribution in [0.1, 0.15) is 55.0 Å². The molecule has 0 aromatic heterocycles. The second-order valence-corrected chi connectivity index (χ2v) is 5.64. The van der Waals surface area contributed by atoms with Crippen LogP contribution in [0.4, 0.5) is 0 Å². The fourth-order valence-electron chi connectivity index (χ4n) is 2.03. The van der Waals surface area contributed by atoms with Crippen LogP contribution in [-0.2, 0) is 0 Å². The van der Waals surface area contributed by atoms with Crippen molar-refractivity contribution in [3.8, 4) is 5.75 Å². The maximum absolute atomic E-state index is 5.23. The first-order chi connectivity index (χ1) is 8.19. The monoisotopic (exact) mass is 298 g/mol. The summed E-state index contributed by atoms with van der Waals surface area (Å²) in [5.41, 5.74) is 2.70. The zero-order chi connectivity index (χ0) is 12.7. The topological polar surface area (TPSA) is 9.23 Å². The van der Waals surface area contributed by atoms with E-state index in [0.29, 0.717) is 4.83 Å². The van der Waals surface area contributed by atoms with Gasteiger partial charge in [0.15, 0.2) is 0 Å². The Balaban J connectivity index is 2.53. The van der Waals surface area contributed by atoms with Crippen LogP contribution in [0.5, 0.6) is 5.75 Å². The minimum absolute atomic E-state index is 0.477. The van der Waals surface area contributed by atoms with E-state index < -0.39 is 0 Å². The number of ether oxygens (including phenoxy) is 1. The zero-order valence-electron chi connectivity index (χ0n) is 11.1. The van der Waals surface area contributed by atoms with Crippen LogP contribution in [0.3, 0.4) is 0 Å². The van der Waals surface area contributed by atoms with Gasteiger partial charge in [-0.05, 0) is 36.6 Å². The fourth-order valence-corrected chi connectivity index (χ4v) is 2.87. The third kappa shape index (κ3) is 4.71. The molecule has 1 aromatic rings. The Morgan fingerprint density at radius 3 is 2.59 bits per heavy atom. The van der Waals surface area contributed by atoms with Crippen LogP contribution in [0.15, 0.2) is 18.2 Å². The number of hydrogen-bond donors (Lipinski definition) is 0. The van der Waals surface area contributed by atoms with Crippen molar-refractivity contribution in [2.45, 2.75) is 50.8 Å². The lowest BCUT2D eigenvalue weighted by Gasteiger charge is -2.14. The average Bonchev–Trinajstić information content (AvgIpc) is 2.34. The molecule has 1 aromatic carbocycles. The molecule has 1 rings (SSSR count). The Labute approximate surface area is 114 Å².